The second-order valence-electron chi connectivity index (χ2n) is 5.65. The summed E-state index contributed by atoms with van der Waals surface area (Å²) in [6.45, 7) is 3.66. The van der Waals surface area contributed by atoms with Gasteiger partial charge in [0.2, 0.25) is 11.2 Å². The predicted molar refractivity (Wildman–Crippen MR) is 95.3 cm³/mol. The van der Waals surface area contributed by atoms with E-state index >= 15 is 0 Å². The van der Waals surface area contributed by atoms with Gasteiger partial charge in [0.25, 0.3) is 0 Å². The van der Waals surface area contributed by atoms with Crippen LogP contribution in [0.3, 0.4) is 0 Å². The fourth-order valence-corrected chi connectivity index (χ4v) is 2.41. The van der Waals surface area contributed by atoms with Crippen LogP contribution in [-0.4, -0.2) is 18.7 Å². The van der Waals surface area contributed by atoms with Gasteiger partial charge in [0, 0.05) is 6.07 Å². The van der Waals surface area contributed by atoms with Crippen molar-refractivity contribution in [2.24, 2.45) is 0 Å². The normalized spacial score (nSPS) is 11.8. The highest BCUT2D eigenvalue weighted by molar-refractivity contribution is 5.79. The quantitative estimate of drug-likeness (QED) is 0.631. The maximum absolute atomic E-state index is 12.7. The van der Waals surface area contributed by atoms with Gasteiger partial charge in [-0.1, -0.05) is 12.1 Å². The van der Waals surface area contributed by atoms with Crippen LogP contribution >= 0.6 is 0 Å². The lowest BCUT2D eigenvalue weighted by molar-refractivity contribution is -0.312. The van der Waals surface area contributed by atoms with Gasteiger partial charge < -0.3 is 28.5 Å². The summed E-state index contributed by atoms with van der Waals surface area (Å²) in [5.41, 5.74) is -0.129. The summed E-state index contributed by atoms with van der Waals surface area (Å²) in [5, 5.41) is 11.1. The Bertz CT molecular complexity index is 1020. The van der Waals surface area contributed by atoms with Crippen LogP contribution in [-0.2, 0) is 4.79 Å². The molecule has 0 unspecified atom stereocenters. The molecule has 0 fully saturated rings. The van der Waals surface area contributed by atoms with E-state index in [9.17, 15) is 14.7 Å². The number of hydrogen-bond donors (Lipinski definition) is 0. The second-order valence-corrected chi connectivity index (χ2v) is 5.65. The standard InChI is InChI=1S/C20H18O7/c1-3-24-15-6-4-5-7-16(15)27-18-11-25-17-10-13(26-12(2)20(22)23)8-9-14(17)19(18)21/h4-12H,3H2,1-2H3,(H,22,23)/p-1/t12-/m1/s1. The van der Waals surface area contributed by atoms with Crippen molar-refractivity contribution in [3.05, 3.63) is 59.0 Å². The monoisotopic (exact) mass is 369 g/mol. The largest absolute Gasteiger partial charge is 0.546 e. The molecule has 0 aliphatic heterocycles. The number of rotatable bonds is 7. The van der Waals surface area contributed by atoms with Gasteiger partial charge in [0.1, 0.15) is 23.7 Å². The SMILES string of the molecule is CCOc1ccccc1Oc1coc2cc(O[C@H](C)C(=O)[O-])ccc2c1=O. The Morgan fingerprint density at radius 2 is 1.89 bits per heavy atom. The molecule has 0 saturated carbocycles. The number of ether oxygens (including phenoxy) is 3. The van der Waals surface area contributed by atoms with E-state index in [1.165, 1.54) is 31.4 Å². The third-order valence-corrected chi connectivity index (χ3v) is 3.73. The average Bonchev–Trinajstić information content (AvgIpc) is 2.65. The molecule has 0 aliphatic carbocycles. The Kier molecular flexibility index (Phi) is 5.30. The summed E-state index contributed by atoms with van der Waals surface area (Å²) in [6, 6.07) is 11.4. The first-order valence-electron chi connectivity index (χ1n) is 8.32. The zero-order valence-electron chi connectivity index (χ0n) is 14.8. The highest BCUT2D eigenvalue weighted by atomic mass is 16.5. The minimum absolute atomic E-state index is 0.00595. The van der Waals surface area contributed by atoms with Crippen LogP contribution in [0, 0.1) is 0 Å². The molecule has 0 bridgehead atoms. The van der Waals surface area contributed by atoms with E-state index in [1.807, 2.05) is 6.92 Å². The van der Waals surface area contributed by atoms with Crippen LogP contribution in [0.1, 0.15) is 13.8 Å². The minimum Gasteiger partial charge on any atom is -0.546 e. The van der Waals surface area contributed by atoms with E-state index in [2.05, 4.69) is 0 Å². The van der Waals surface area contributed by atoms with Crippen molar-refractivity contribution in [3.8, 4) is 23.0 Å². The lowest BCUT2D eigenvalue weighted by Gasteiger charge is -2.15. The number of aliphatic carboxylic acids is 1. The Morgan fingerprint density at radius 3 is 2.59 bits per heavy atom. The highest BCUT2D eigenvalue weighted by Crippen LogP contribution is 2.31. The molecule has 1 aromatic heterocycles. The Morgan fingerprint density at radius 1 is 1.15 bits per heavy atom. The molecule has 0 amide bonds. The highest BCUT2D eigenvalue weighted by Gasteiger charge is 2.13. The number of carbonyl (C=O) groups is 1. The molecule has 140 valence electrons. The fraction of sp³-hybridized carbons (Fsp3) is 0.200. The van der Waals surface area contributed by atoms with Crippen molar-refractivity contribution >= 4 is 16.9 Å². The molecule has 2 aromatic carbocycles. The van der Waals surface area contributed by atoms with E-state index in [0.717, 1.165) is 0 Å². The van der Waals surface area contributed by atoms with E-state index in [0.29, 0.717) is 18.1 Å². The topological polar surface area (TPSA) is 98.0 Å². The van der Waals surface area contributed by atoms with Crippen LogP contribution in [0.2, 0.25) is 0 Å². The number of carboxylic acids is 1. The van der Waals surface area contributed by atoms with Crippen LogP contribution < -0.4 is 24.7 Å². The summed E-state index contributed by atoms with van der Waals surface area (Å²) in [4.78, 5) is 23.5. The molecule has 3 aromatic rings. The van der Waals surface area contributed by atoms with Gasteiger partial charge in [-0.3, -0.25) is 4.79 Å². The summed E-state index contributed by atoms with van der Waals surface area (Å²) < 4.78 is 21.8. The van der Waals surface area contributed by atoms with E-state index in [-0.39, 0.29) is 27.9 Å². The zero-order chi connectivity index (χ0) is 19.4. The van der Waals surface area contributed by atoms with Gasteiger partial charge in [-0.05, 0) is 38.1 Å². The molecule has 0 aliphatic rings. The van der Waals surface area contributed by atoms with Gasteiger partial charge in [-0.2, -0.15) is 0 Å². The van der Waals surface area contributed by atoms with E-state index < -0.39 is 12.1 Å². The molecule has 0 radical (unpaired) electrons. The fourth-order valence-electron chi connectivity index (χ4n) is 2.41. The van der Waals surface area contributed by atoms with Gasteiger partial charge in [0.15, 0.2) is 11.5 Å². The van der Waals surface area contributed by atoms with Crippen molar-refractivity contribution in [3.63, 3.8) is 0 Å². The lowest BCUT2D eigenvalue weighted by atomic mass is 10.2. The number of hydrogen-bond acceptors (Lipinski definition) is 7. The number of carboxylic acid groups (broad SMARTS) is 1. The minimum atomic E-state index is -1.34. The Balaban J connectivity index is 1.92. The molecular formula is C20H17O7-. The third kappa shape index (κ3) is 4.03. The summed E-state index contributed by atoms with van der Waals surface area (Å²) >= 11 is 0. The Labute approximate surface area is 154 Å². The number of para-hydroxylation sites is 2. The summed E-state index contributed by atoms with van der Waals surface area (Å²) in [6.07, 6.45) is 0.0613. The van der Waals surface area contributed by atoms with Crippen molar-refractivity contribution < 1.29 is 28.5 Å². The Hall–Kier alpha value is -3.48. The average molecular weight is 369 g/mol. The van der Waals surface area contributed by atoms with Crippen LogP contribution in [0.4, 0.5) is 0 Å². The van der Waals surface area contributed by atoms with Crippen molar-refractivity contribution in [1.29, 1.82) is 0 Å². The van der Waals surface area contributed by atoms with Crippen molar-refractivity contribution in [1.82, 2.24) is 0 Å². The van der Waals surface area contributed by atoms with Gasteiger partial charge in [-0.25, -0.2) is 0 Å². The van der Waals surface area contributed by atoms with Gasteiger partial charge in [0.05, 0.1) is 18.0 Å². The third-order valence-electron chi connectivity index (χ3n) is 3.73. The number of carbonyl (C=O) groups excluding carboxylic acids is 1. The maximum Gasteiger partial charge on any atom is 0.235 e. The molecule has 0 spiro atoms. The number of benzene rings is 2. The number of fused-ring (bicyclic) bond motifs is 1. The first kappa shape index (κ1) is 18.3. The first-order chi connectivity index (χ1) is 13.0. The second kappa shape index (κ2) is 7.82. The molecule has 1 atom stereocenters. The molecule has 7 nitrogen and oxygen atoms in total. The summed E-state index contributed by atoms with van der Waals surface area (Å²) in [5.74, 6) is -0.175. The van der Waals surface area contributed by atoms with E-state index in [4.69, 9.17) is 18.6 Å². The summed E-state index contributed by atoms with van der Waals surface area (Å²) in [7, 11) is 0. The van der Waals surface area contributed by atoms with Crippen LogP contribution in [0.5, 0.6) is 23.0 Å². The molecule has 0 saturated heterocycles. The molecule has 7 heteroatoms. The van der Waals surface area contributed by atoms with Crippen molar-refractivity contribution in [2.45, 2.75) is 20.0 Å². The smallest absolute Gasteiger partial charge is 0.235 e. The molecular weight excluding hydrogens is 352 g/mol. The molecule has 1 heterocycles. The predicted octanol–water partition coefficient (Wildman–Crippen LogP) is 2.50. The van der Waals surface area contributed by atoms with Crippen molar-refractivity contribution in [2.75, 3.05) is 6.61 Å². The first-order valence-corrected chi connectivity index (χ1v) is 8.32. The molecule has 3 rings (SSSR count). The molecule has 27 heavy (non-hydrogen) atoms. The van der Waals surface area contributed by atoms with E-state index in [1.54, 1.807) is 24.3 Å². The van der Waals surface area contributed by atoms with Crippen LogP contribution in [0.15, 0.2) is 57.9 Å². The molecule has 0 N–H and O–H groups in total. The van der Waals surface area contributed by atoms with Gasteiger partial charge in [-0.15, -0.1) is 0 Å². The van der Waals surface area contributed by atoms with Gasteiger partial charge >= 0.3 is 0 Å². The zero-order valence-corrected chi connectivity index (χ0v) is 14.8. The maximum atomic E-state index is 12.7. The lowest BCUT2D eigenvalue weighted by Crippen LogP contribution is -2.37. The van der Waals surface area contributed by atoms with Crippen LogP contribution in [0.25, 0.3) is 11.0 Å².